The van der Waals surface area contributed by atoms with Crippen LogP contribution < -0.4 is 10.6 Å². The molecule has 2 aromatic carbocycles. The zero-order valence-electron chi connectivity index (χ0n) is 13.6. The van der Waals surface area contributed by atoms with Crippen LogP contribution in [0, 0.1) is 0 Å². The fraction of sp³-hybridized carbons (Fsp3) is 0.222. The van der Waals surface area contributed by atoms with Crippen molar-refractivity contribution in [1.29, 1.82) is 0 Å². The minimum atomic E-state index is -1.41. The van der Waals surface area contributed by atoms with Crippen LogP contribution in [0.5, 0.6) is 0 Å². The summed E-state index contributed by atoms with van der Waals surface area (Å²) in [4.78, 5) is 25.2. The smallest absolute Gasteiger partial charge is 0.248 e. The lowest BCUT2D eigenvalue weighted by atomic mass is 10.1. The van der Waals surface area contributed by atoms with E-state index in [2.05, 4.69) is 0 Å². The molecule has 2 atom stereocenters. The number of benzene rings is 2. The number of nitrogens with zero attached hydrogens (tertiary/aromatic N) is 1. The SMILES string of the molecule is C[C@H](C(=O)N(C)c1ccccc1)[S@](=O)Cc1cccc(C(N)=O)c1. The monoisotopic (exact) mass is 344 g/mol. The summed E-state index contributed by atoms with van der Waals surface area (Å²) < 4.78 is 12.5. The minimum Gasteiger partial charge on any atom is -0.366 e. The molecule has 126 valence electrons. The van der Waals surface area contributed by atoms with E-state index in [1.165, 1.54) is 4.90 Å². The van der Waals surface area contributed by atoms with Crippen LogP contribution in [-0.4, -0.2) is 28.3 Å². The van der Waals surface area contributed by atoms with Gasteiger partial charge in [0.2, 0.25) is 11.8 Å². The highest BCUT2D eigenvalue weighted by Gasteiger charge is 2.24. The molecule has 0 radical (unpaired) electrons. The Morgan fingerprint density at radius 1 is 1.12 bits per heavy atom. The number of nitrogens with two attached hydrogens (primary N) is 1. The number of carbonyl (C=O) groups is 2. The normalized spacial score (nSPS) is 13.1. The average molecular weight is 344 g/mol. The van der Waals surface area contributed by atoms with Crippen molar-refractivity contribution >= 4 is 28.3 Å². The number of para-hydroxylation sites is 1. The Morgan fingerprint density at radius 3 is 2.42 bits per heavy atom. The second-order valence-corrected chi connectivity index (χ2v) is 7.22. The lowest BCUT2D eigenvalue weighted by Crippen LogP contribution is -2.37. The van der Waals surface area contributed by atoms with Gasteiger partial charge in [0.1, 0.15) is 5.25 Å². The molecule has 2 amide bonds. The highest BCUT2D eigenvalue weighted by atomic mass is 32.2. The van der Waals surface area contributed by atoms with Crippen LogP contribution in [0.3, 0.4) is 0 Å². The summed E-state index contributed by atoms with van der Waals surface area (Å²) in [6, 6.07) is 15.9. The van der Waals surface area contributed by atoms with Crippen LogP contribution in [0.1, 0.15) is 22.8 Å². The molecule has 2 rings (SSSR count). The molecule has 0 spiro atoms. The van der Waals surface area contributed by atoms with Gasteiger partial charge in [0, 0.05) is 34.9 Å². The van der Waals surface area contributed by atoms with Crippen molar-refractivity contribution < 1.29 is 13.8 Å². The second kappa shape index (κ2) is 7.88. The number of hydrogen-bond acceptors (Lipinski definition) is 3. The summed E-state index contributed by atoms with van der Waals surface area (Å²) in [7, 11) is 0.261. The summed E-state index contributed by atoms with van der Waals surface area (Å²) >= 11 is 0. The quantitative estimate of drug-likeness (QED) is 0.871. The van der Waals surface area contributed by atoms with Crippen LogP contribution in [-0.2, 0) is 21.3 Å². The maximum Gasteiger partial charge on any atom is 0.248 e. The molecule has 5 nitrogen and oxygen atoms in total. The van der Waals surface area contributed by atoms with Crippen LogP contribution in [0.15, 0.2) is 54.6 Å². The fourth-order valence-electron chi connectivity index (χ4n) is 2.27. The molecule has 2 N–H and O–H groups in total. The molecule has 0 aliphatic rings. The number of anilines is 1. The highest BCUT2D eigenvalue weighted by Crippen LogP contribution is 2.16. The first-order chi connectivity index (χ1) is 11.4. The van der Waals surface area contributed by atoms with E-state index >= 15 is 0 Å². The van der Waals surface area contributed by atoms with Crippen molar-refractivity contribution in [3.8, 4) is 0 Å². The van der Waals surface area contributed by atoms with Gasteiger partial charge in [-0.15, -0.1) is 0 Å². The predicted octanol–water partition coefficient (Wildman–Crippen LogP) is 2.09. The van der Waals surface area contributed by atoms with Crippen LogP contribution in [0.4, 0.5) is 5.69 Å². The van der Waals surface area contributed by atoms with Crippen molar-refractivity contribution in [3.63, 3.8) is 0 Å². The Hall–Kier alpha value is -2.47. The molecular weight excluding hydrogens is 324 g/mol. The van der Waals surface area contributed by atoms with Gasteiger partial charge < -0.3 is 10.6 Å². The predicted molar refractivity (Wildman–Crippen MR) is 96.1 cm³/mol. The van der Waals surface area contributed by atoms with Gasteiger partial charge in [-0.3, -0.25) is 13.8 Å². The summed E-state index contributed by atoms with van der Waals surface area (Å²) in [6.45, 7) is 1.65. The summed E-state index contributed by atoms with van der Waals surface area (Å²) in [6.07, 6.45) is 0. The van der Waals surface area contributed by atoms with Gasteiger partial charge in [-0.2, -0.15) is 0 Å². The molecule has 0 fully saturated rings. The highest BCUT2D eigenvalue weighted by molar-refractivity contribution is 7.85. The average Bonchev–Trinajstić information content (AvgIpc) is 2.60. The van der Waals surface area contributed by atoms with Crippen LogP contribution in [0.25, 0.3) is 0 Å². The zero-order chi connectivity index (χ0) is 17.7. The molecule has 0 bridgehead atoms. The first kappa shape index (κ1) is 17.9. The van der Waals surface area contributed by atoms with Gasteiger partial charge in [0.15, 0.2) is 0 Å². The van der Waals surface area contributed by atoms with Gasteiger partial charge in [-0.25, -0.2) is 0 Å². The van der Waals surface area contributed by atoms with Gasteiger partial charge in [0.05, 0.1) is 0 Å². The second-order valence-electron chi connectivity index (χ2n) is 5.46. The van der Waals surface area contributed by atoms with E-state index in [9.17, 15) is 13.8 Å². The fourth-order valence-corrected chi connectivity index (χ4v) is 3.41. The van der Waals surface area contributed by atoms with Crippen molar-refractivity contribution in [3.05, 3.63) is 65.7 Å². The molecule has 0 saturated heterocycles. The lowest BCUT2D eigenvalue weighted by Gasteiger charge is -2.21. The Kier molecular flexibility index (Phi) is 5.87. The van der Waals surface area contributed by atoms with E-state index in [1.807, 2.05) is 30.3 Å². The largest absolute Gasteiger partial charge is 0.366 e. The Balaban J connectivity index is 2.08. The number of rotatable bonds is 6. The Bertz CT molecular complexity index is 762. The van der Waals surface area contributed by atoms with Crippen molar-refractivity contribution in [2.24, 2.45) is 5.73 Å². The third kappa shape index (κ3) is 4.29. The van der Waals surface area contributed by atoms with Gasteiger partial charge in [-0.05, 0) is 36.8 Å². The number of hydrogen-bond donors (Lipinski definition) is 1. The molecule has 6 heteroatoms. The topological polar surface area (TPSA) is 80.5 Å². The molecule has 0 heterocycles. The minimum absolute atomic E-state index is 0.191. The van der Waals surface area contributed by atoms with Crippen LogP contribution >= 0.6 is 0 Å². The van der Waals surface area contributed by atoms with Gasteiger partial charge in [-0.1, -0.05) is 30.3 Å². The molecule has 0 saturated carbocycles. The summed E-state index contributed by atoms with van der Waals surface area (Å²) in [5.41, 5.74) is 7.08. The van der Waals surface area contributed by atoms with Crippen molar-refractivity contribution in [1.82, 2.24) is 0 Å². The van der Waals surface area contributed by atoms with Crippen molar-refractivity contribution in [2.75, 3.05) is 11.9 Å². The third-order valence-electron chi connectivity index (χ3n) is 3.74. The number of amides is 2. The number of carbonyl (C=O) groups excluding carboxylic acids is 2. The molecule has 0 unspecified atom stereocenters. The summed E-state index contributed by atoms with van der Waals surface area (Å²) in [5.74, 6) is -0.558. The van der Waals surface area contributed by atoms with E-state index in [0.29, 0.717) is 11.1 Å². The van der Waals surface area contributed by atoms with Crippen LogP contribution in [0.2, 0.25) is 0 Å². The van der Waals surface area contributed by atoms with Crippen molar-refractivity contribution in [2.45, 2.75) is 17.9 Å². The summed E-state index contributed by atoms with van der Waals surface area (Å²) in [5, 5.41) is -0.660. The van der Waals surface area contributed by atoms with Gasteiger partial charge >= 0.3 is 0 Å². The maximum atomic E-state index is 12.5. The molecular formula is C18H20N2O3S. The molecule has 2 aromatic rings. The van der Waals surface area contributed by atoms with Gasteiger partial charge in [0.25, 0.3) is 0 Å². The first-order valence-electron chi connectivity index (χ1n) is 7.48. The first-order valence-corrected chi connectivity index (χ1v) is 8.87. The Labute approximate surface area is 143 Å². The molecule has 0 aromatic heterocycles. The molecule has 24 heavy (non-hydrogen) atoms. The third-order valence-corrected chi connectivity index (χ3v) is 5.34. The molecule has 0 aliphatic heterocycles. The molecule has 0 aliphatic carbocycles. The van der Waals surface area contributed by atoms with E-state index < -0.39 is 22.0 Å². The zero-order valence-corrected chi connectivity index (χ0v) is 14.5. The maximum absolute atomic E-state index is 12.5. The number of primary amides is 1. The standard InChI is InChI=1S/C18H20N2O3S/c1-13(18(22)20(2)16-9-4-3-5-10-16)24(23)12-14-7-6-8-15(11-14)17(19)21/h3-11,13H,12H2,1-2H3,(H2,19,21)/t13-,24-/m1/s1. The lowest BCUT2D eigenvalue weighted by molar-refractivity contribution is -0.117. The van der Waals surface area contributed by atoms with E-state index in [0.717, 1.165) is 5.69 Å². The van der Waals surface area contributed by atoms with E-state index in [1.54, 1.807) is 38.2 Å². The van der Waals surface area contributed by atoms with E-state index in [-0.39, 0.29) is 11.7 Å². The Morgan fingerprint density at radius 2 is 1.79 bits per heavy atom. The van der Waals surface area contributed by atoms with E-state index in [4.69, 9.17) is 5.73 Å².